The summed E-state index contributed by atoms with van der Waals surface area (Å²) in [5.41, 5.74) is 2.27. The van der Waals surface area contributed by atoms with Gasteiger partial charge in [-0.3, -0.25) is 4.79 Å². The summed E-state index contributed by atoms with van der Waals surface area (Å²) in [7, 11) is 0. The third kappa shape index (κ3) is 4.23. The average molecular weight is 471 g/mol. The molecule has 10 heteroatoms. The topological polar surface area (TPSA) is 97.9 Å². The summed E-state index contributed by atoms with van der Waals surface area (Å²) in [4.78, 5) is 30.3. The Balaban J connectivity index is 1.53. The number of hydrogen-bond acceptors (Lipinski definition) is 8. The molecule has 0 bridgehead atoms. The second-order valence-electron chi connectivity index (χ2n) is 6.74. The minimum absolute atomic E-state index is 0.345. The predicted octanol–water partition coefficient (Wildman–Crippen LogP) is 4.85. The molecule has 0 aliphatic rings. The van der Waals surface area contributed by atoms with Gasteiger partial charge in [0.05, 0.1) is 17.5 Å². The van der Waals surface area contributed by atoms with Crippen LogP contribution in [0.1, 0.15) is 32.0 Å². The summed E-state index contributed by atoms with van der Waals surface area (Å²) < 4.78 is 6.92. The number of hydrogen-bond donors (Lipinski definition) is 0. The van der Waals surface area contributed by atoms with Crippen LogP contribution in [0.4, 0.5) is 0 Å². The molecule has 31 heavy (non-hydrogen) atoms. The molecule has 4 rings (SSSR count). The number of nitrogens with zero attached hydrogens (tertiary/aromatic N) is 4. The number of carbonyl (C=O) groups excluding carboxylic acids is 2. The molecule has 156 valence electrons. The first kappa shape index (κ1) is 21.2. The molecule has 0 N–H and O–H groups in total. The number of ether oxygens (including phenoxy) is 1. The highest BCUT2D eigenvalue weighted by Gasteiger charge is 2.25. The van der Waals surface area contributed by atoms with E-state index in [1.165, 1.54) is 22.7 Å². The van der Waals surface area contributed by atoms with E-state index in [9.17, 15) is 14.9 Å². The molecule has 0 fully saturated rings. The quantitative estimate of drug-likeness (QED) is 0.374. The number of ketones is 1. The van der Waals surface area contributed by atoms with E-state index in [1.54, 1.807) is 35.2 Å². The van der Waals surface area contributed by atoms with E-state index in [0.717, 1.165) is 27.3 Å². The molecule has 0 amide bonds. The molecule has 0 radical (unpaired) electrons. The van der Waals surface area contributed by atoms with Crippen LogP contribution in [0.2, 0.25) is 5.02 Å². The molecule has 0 saturated heterocycles. The number of esters is 1. The van der Waals surface area contributed by atoms with E-state index < -0.39 is 24.3 Å². The summed E-state index contributed by atoms with van der Waals surface area (Å²) in [6, 6.07) is 10.9. The predicted molar refractivity (Wildman–Crippen MR) is 119 cm³/mol. The van der Waals surface area contributed by atoms with Gasteiger partial charge in [0.1, 0.15) is 14.7 Å². The first-order valence-electron chi connectivity index (χ1n) is 9.14. The average Bonchev–Trinajstić information content (AvgIpc) is 3.44. The number of halogens is 1. The van der Waals surface area contributed by atoms with Crippen LogP contribution in [0.25, 0.3) is 15.9 Å². The minimum Gasteiger partial charge on any atom is -0.453 e. The lowest BCUT2D eigenvalue weighted by Crippen LogP contribution is -2.19. The van der Waals surface area contributed by atoms with Crippen molar-refractivity contribution in [2.75, 3.05) is 6.61 Å². The number of thiazole rings is 1. The van der Waals surface area contributed by atoms with Crippen molar-refractivity contribution < 1.29 is 14.3 Å². The van der Waals surface area contributed by atoms with Crippen LogP contribution >= 0.6 is 34.3 Å². The molecule has 4 aromatic rings. The standard InChI is InChI=1S/C21H15ClN4O3S2/c1-11-10-30-19(24-11)16(8-23)17(27)9-29-21(28)18-7-15-12(2)25-26(20(15)31-18)14-5-3-4-13(22)6-14/h3-7,10,16H,9H2,1-2H3/t16-/m1/s1. The molecular weight excluding hydrogens is 456 g/mol. The summed E-state index contributed by atoms with van der Waals surface area (Å²) >= 11 is 8.54. The van der Waals surface area contributed by atoms with Gasteiger partial charge in [-0.25, -0.2) is 14.5 Å². The Morgan fingerprint density at radius 1 is 1.32 bits per heavy atom. The van der Waals surface area contributed by atoms with Crippen molar-refractivity contribution in [2.45, 2.75) is 19.8 Å². The van der Waals surface area contributed by atoms with Gasteiger partial charge in [0, 0.05) is 21.5 Å². The van der Waals surface area contributed by atoms with Crippen LogP contribution in [0.5, 0.6) is 0 Å². The second kappa shape index (κ2) is 8.59. The normalized spacial score (nSPS) is 11.9. The lowest BCUT2D eigenvalue weighted by Gasteiger charge is -2.06. The van der Waals surface area contributed by atoms with Gasteiger partial charge in [-0.05, 0) is 38.1 Å². The molecule has 1 atom stereocenters. The van der Waals surface area contributed by atoms with Crippen molar-refractivity contribution in [1.82, 2.24) is 14.8 Å². The van der Waals surface area contributed by atoms with E-state index in [2.05, 4.69) is 10.1 Å². The largest absolute Gasteiger partial charge is 0.453 e. The maximum absolute atomic E-state index is 12.6. The first-order chi connectivity index (χ1) is 14.9. The van der Waals surface area contributed by atoms with Crippen molar-refractivity contribution in [1.29, 1.82) is 5.26 Å². The van der Waals surface area contributed by atoms with E-state index in [-0.39, 0.29) is 0 Å². The molecule has 0 unspecified atom stereocenters. The van der Waals surface area contributed by atoms with E-state index in [0.29, 0.717) is 14.9 Å². The Kier molecular flexibility index (Phi) is 5.87. The number of aromatic nitrogens is 3. The smallest absolute Gasteiger partial charge is 0.348 e. The maximum Gasteiger partial charge on any atom is 0.348 e. The van der Waals surface area contributed by atoms with Gasteiger partial charge in [0.25, 0.3) is 0 Å². The Morgan fingerprint density at radius 3 is 2.81 bits per heavy atom. The number of fused-ring (bicyclic) bond motifs is 1. The zero-order chi connectivity index (χ0) is 22.1. The Morgan fingerprint density at radius 2 is 2.13 bits per heavy atom. The number of benzene rings is 1. The molecule has 0 aliphatic heterocycles. The van der Waals surface area contributed by atoms with Crippen molar-refractivity contribution >= 4 is 56.2 Å². The van der Waals surface area contributed by atoms with Gasteiger partial charge in [0.15, 0.2) is 18.3 Å². The van der Waals surface area contributed by atoms with Crippen molar-refractivity contribution in [3.63, 3.8) is 0 Å². The molecule has 1 aromatic carbocycles. The van der Waals surface area contributed by atoms with Gasteiger partial charge in [-0.2, -0.15) is 10.4 Å². The summed E-state index contributed by atoms with van der Waals surface area (Å²) in [5.74, 6) is -2.18. The molecule has 0 aliphatic carbocycles. The number of thiophene rings is 1. The Bertz CT molecular complexity index is 1350. The molecule has 0 spiro atoms. The van der Waals surface area contributed by atoms with Crippen molar-refractivity contribution in [3.05, 3.63) is 62.0 Å². The van der Waals surface area contributed by atoms with Crippen molar-refractivity contribution in [3.8, 4) is 11.8 Å². The highest BCUT2D eigenvalue weighted by atomic mass is 35.5. The minimum atomic E-state index is -1.05. The number of carbonyl (C=O) groups is 2. The summed E-state index contributed by atoms with van der Waals surface area (Å²) in [5, 5.41) is 17.4. The third-order valence-corrected chi connectivity index (χ3v) is 6.83. The van der Waals surface area contributed by atoms with Gasteiger partial charge in [-0.1, -0.05) is 17.7 Å². The lowest BCUT2D eigenvalue weighted by molar-refractivity contribution is -0.122. The van der Waals surface area contributed by atoms with Crippen LogP contribution in [0, 0.1) is 25.2 Å². The summed E-state index contributed by atoms with van der Waals surface area (Å²) in [6.45, 7) is 3.14. The molecule has 3 heterocycles. The first-order valence-corrected chi connectivity index (χ1v) is 11.2. The van der Waals surface area contributed by atoms with E-state index in [1.807, 2.05) is 25.1 Å². The highest BCUT2D eigenvalue weighted by molar-refractivity contribution is 7.20. The highest BCUT2D eigenvalue weighted by Crippen LogP contribution is 2.31. The number of Topliss-reactive ketones (excluding diaryl/α,β-unsaturated/α-hetero) is 1. The fraction of sp³-hybridized carbons (Fsp3) is 0.190. The van der Waals surface area contributed by atoms with Crippen LogP contribution in [-0.2, 0) is 9.53 Å². The van der Waals surface area contributed by atoms with E-state index >= 15 is 0 Å². The maximum atomic E-state index is 12.6. The van der Waals surface area contributed by atoms with Crippen LogP contribution < -0.4 is 0 Å². The van der Waals surface area contributed by atoms with Gasteiger partial charge in [0.2, 0.25) is 0 Å². The third-order valence-electron chi connectivity index (χ3n) is 4.48. The lowest BCUT2D eigenvalue weighted by atomic mass is 10.1. The molecule has 7 nitrogen and oxygen atoms in total. The van der Waals surface area contributed by atoms with Crippen LogP contribution in [-0.4, -0.2) is 33.1 Å². The zero-order valence-corrected chi connectivity index (χ0v) is 18.8. The van der Waals surface area contributed by atoms with Crippen molar-refractivity contribution in [2.24, 2.45) is 0 Å². The van der Waals surface area contributed by atoms with Crippen LogP contribution in [0.3, 0.4) is 0 Å². The van der Waals surface area contributed by atoms with Gasteiger partial charge in [-0.15, -0.1) is 22.7 Å². The molecular formula is C21H15ClN4O3S2. The van der Waals surface area contributed by atoms with E-state index in [4.69, 9.17) is 16.3 Å². The summed E-state index contributed by atoms with van der Waals surface area (Å²) in [6.07, 6.45) is 0. The molecule has 3 aromatic heterocycles. The van der Waals surface area contributed by atoms with Gasteiger partial charge >= 0.3 is 5.97 Å². The SMILES string of the molecule is Cc1csc([C@H](C#N)C(=O)COC(=O)c2cc3c(C)nn(-c4cccc(Cl)c4)c3s2)n1. The fourth-order valence-corrected chi connectivity index (χ4v) is 5.11. The monoisotopic (exact) mass is 470 g/mol. The fourth-order valence-electron chi connectivity index (χ4n) is 2.99. The number of nitriles is 1. The van der Waals surface area contributed by atoms with Gasteiger partial charge < -0.3 is 4.74 Å². The zero-order valence-electron chi connectivity index (χ0n) is 16.5. The Hall–Kier alpha value is -3.06. The Labute approximate surface area is 190 Å². The number of rotatable bonds is 6. The van der Waals surface area contributed by atoms with Crippen LogP contribution in [0.15, 0.2) is 35.7 Å². The second-order valence-corrected chi connectivity index (χ2v) is 9.10. The number of aryl methyl sites for hydroxylation is 2. The molecule has 0 saturated carbocycles.